The molecular formula is C23H19F4N3O4. The van der Waals surface area contributed by atoms with Gasteiger partial charge in [-0.05, 0) is 37.3 Å². The van der Waals surface area contributed by atoms with Gasteiger partial charge in [0.1, 0.15) is 23.8 Å². The van der Waals surface area contributed by atoms with Crippen LogP contribution in [0.2, 0.25) is 0 Å². The fraction of sp³-hybridized carbons (Fsp3) is 0.217. The monoisotopic (exact) mass is 477 g/mol. The van der Waals surface area contributed by atoms with Crippen LogP contribution in [0.3, 0.4) is 0 Å². The van der Waals surface area contributed by atoms with E-state index in [0.717, 1.165) is 18.1 Å². The number of carbonyl (C=O) groups excluding carboxylic acids is 2. The summed E-state index contributed by atoms with van der Waals surface area (Å²) in [7, 11) is 2.42. The lowest BCUT2D eigenvalue weighted by Gasteiger charge is -2.25. The van der Waals surface area contributed by atoms with Crippen molar-refractivity contribution in [3.05, 3.63) is 71.6 Å². The minimum absolute atomic E-state index is 0.0213. The van der Waals surface area contributed by atoms with E-state index in [9.17, 15) is 27.2 Å². The van der Waals surface area contributed by atoms with E-state index < -0.39 is 36.1 Å². The quantitative estimate of drug-likeness (QED) is 0.386. The van der Waals surface area contributed by atoms with E-state index in [4.69, 9.17) is 4.74 Å². The van der Waals surface area contributed by atoms with Crippen molar-refractivity contribution in [2.75, 3.05) is 25.7 Å². The Kier molecular flexibility index (Phi) is 7.14. The number of pyridine rings is 2. The maximum Gasteiger partial charge on any atom is 0.433 e. The van der Waals surface area contributed by atoms with E-state index in [-0.39, 0.29) is 33.8 Å². The highest BCUT2D eigenvalue weighted by atomic mass is 19.4. The van der Waals surface area contributed by atoms with Gasteiger partial charge >= 0.3 is 12.1 Å². The molecule has 0 aliphatic carbocycles. The van der Waals surface area contributed by atoms with Crippen LogP contribution in [-0.4, -0.2) is 42.6 Å². The molecule has 0 saturated carbocycles. The molecule has 0 unspecified atom stereocenters. The third-order valence-corrected chi connectivity index (χ3v) is 4.81. The second kappa shape index (κ2) is 9.86. The Labute approximate surface area is 192 Å². The number of hydrogen-bond acceptors (Lipinski definition) is 6. The number of methoxy groups -OCH3 is 2. The molecule has 34 heavy (non-hydrogen) atoms. The molecule has 0 aliphatic rings. The molecule has 178 valence electrons. The molecule has 0 saturated heterocycles. The first-order valence-corrected chi connectivity index (χ1v) is 9.78. The Bertz CT molecular complexity index is 1230. The van der Waals surface area contributed by atoms with Crippen LogP contribution in [-0.2, 0) is 15.7 Å². The number of esters is 1. The van der Waals surface area contributed by atoms with Gasteiger partial charge in [0.05, 0.1) is 31.7 Å². The Morgan fingerprint density at radius 3 is 2.50 bits per heavy atom. The minimum atomic E-state index is -4.80. The number of aryl methyl sites for hydroxylation is 1. The summed E-state index contributed by atoms with van der Waals surface area (Å²) in [6.07, 6.45) is -2.27. The van der Waals surface area contributed by atoms with Crippen LogP contribution in [0.5, 0.6) is 5.75 Å². The number of hydrogen-bond donors (Lipinski definition) is 0. The van der Waals surface area contributed by atoms with E-state index in [1.165, 1.54) is 50.7 Å². The fourth-order valence-electron chi connectivity index (χ4n) is 3.30. The third-order valence-electron chi connectivity index (χ3n) is 4.81. The molecule has 0 N–H and O–H groups in total. The van der Waals surface area contributed by atoms with E-state index in [2.05, 4.69) is 14.7 Å². The molecule has 1 aromatic carbocycles. The third kappa shape index (κ3) is 5.13. The molecule has 2 heterocycles. The maximum absolute atomic E-state index is 14.8. The summed E-state index contributed by atoms with van der Waals surface area (Å²) in [4.78, 5) is 33.8. The highest BCUT2D eigenvalue weighted by molar-refractivity contribution is 6.10. The van der Waals surface area contributed by atoms with Crippen molar-refractivity contribution in [1.29, 1.82) is 0 Å². The van der Waals surface area contributed by atoms with Crippen LogP contribution in [0.25, 0.3) is 11.1 Å². The Hall–Kier alpha value is -4.02. The highest BCUT2D eigenvalue weighted by Gasteiger charge is 2.34. The smallest absolute Gasteiger partial charge is 0.433 e. The van der Waals surface area contributed by atoms with Gasteiger partial charge in [-0.2, -0.15) is 13.2 Å². The van der Waals surface area contributed by atoms with Gasteiger partial charge in [0, 0.05) is 23.0 Å². The molecule has 0 fully saturated rings. The van der Waals surface area contributed by atoms with Gasteiger partial charge in [-0.3, -0.25) is 19.5 Å². The zero-order valence-corrected chi connectivity index (χ0v) is 18.3. The van der Waals surface area contributed by atoms with Crippen LogP contribution < -0.4 is 9.64 Å². The number of halogens is 4. The van der Waals surface area contributed by atoms with Crippen LogP contribution in [0, 0.1) is 12.7 Å². The van der Waals surface area contributed by atoms with Gasteiger partial charge in [0.25, 0.3) is 5.91 Å². The van der Waals surface area contributed by atoms with Gasteiger partial charge < -0.3 is 9.47 Å². The number of anilines is 1. The van der Waals surface area contributed by atoms with E-state index >= 15 is 0 Å². The lowest BCUT2D eigenvalue weighted by atomic mass is 10.0. The summed E-state index contributed by atoms with van der Waals surface area (Å²) in [6.45, 7) is 0.629. The average molecular weight is 477 g/mol. The lowest BCUT2D eigenvalue weighted by molar-refractivity contribution is -0.141. The van der Waals surface area contributed by atoms with Crippen molar-refractivity contribution in [3.63, 3.8) is 0 Å². The number of alkyl halides is 3. The summed E-state index contributed by atoms with van der Waals surface area (Å²) >= 11 is 0. The zero-order valence-electron chi connectivity index (χ0n) is 18.3. The summed E-state index contributed by atoms with van der Waals surface area (Å²) in [5.41, 5.74) is -1.63. The van der Waals surface area contributed by atoms with Gasteiger partial charge in [0.2, 0.25) is 0 Å². The molecule has 0 atom stereocenters. The number of ether oxygens (including phenoxy) is 2. The van der Waals surface area contributed by atoms with Crippen molar-refractivity contribution >= 4 is 17.6 Å². The van der Waals surface area contributed by atoms with Crippen molar-refractivity contribution in [3.8, 4) is 16.9 Å². The number of nitrogens with zero attached hydrogens (tertiary/aromatic N) is 3. The molecule has 0 aliphatic heterocycles. The van der Waals surface area contributed by atoms with Crippen LogP contribution in [0.1, 0.15) is 21.7 Å². The molecule has 2 aromatic heterocycles. The molecule has 0 bridgehead atoms. The normalized spacial score (nSPS) is 11.1. The molecule has 0 radical (unpaired) electrons. The molecule has 3 aromatic rings. The second-order valence-corrected chi connectivity index (χ2v) is 7.06. The van der Waals surface area contributed by atoms with Crippen LogP contribution >= 0.6 is 0 Å². The molecule has 3 rings (SSSR count). The van der Waals surface area contributed by atoms with E-state index in [1.807, 2.05) is 0 Å². The maximum atomic E-state index is 14.8. The van der Waals surface area contributed by atoms with E-state index in [1.54, 1.807) is 0 Å². The number of rotatable bonds is 6. The Morgan fingerprint density at radius 2 is 1.85 bits per heavy atom. The van der Waals surface area contributed by atoms with Crippen molar-refractivity contribution in [2.24, 2.45) is 0 Å². The molecule has 7 nitrogen and oxygen atoms in total. The van der Waals surface area contributed by atoms with Crippen LogP contribution in [0.4, 0.5) is 23.2 Å². The predicted molar refractivity (Wildman–Crippen MR) is 114 cm³/mol. The largest absolute Gasteiger partial charge is 0.496 e. The molecule has 0 spiro atoms. The standard InChI is InChI=1S/C23H19F4N3O4/c1-13-9-14(10-19(29-13)23(25,26)27)22(32)30(12-20(31)34-3)17-11-28-8-7-15(17)21-16(24)5-4-6-18(21)33-2/h4-11H,12H2,1-3H3. The predicted octanol–water partition coefficient (Wildman–Crippen LogP) is 4.44. The Morgan fingerprint density at radius 1 is 1.12 bits per heavy atom. The molecular weight excluding hydrogens is 458 g/mol. The first-order valence-electron chi connectivity index (χ1n) is 9.78. The summed E-state index contributed by atoms with van der Waals surface area (Å²) in [5.74, 6) is -2.37. The van der Waals surface area contributed by atoms with Crippen LogP contribution in [0.15, 0.2) is 48.8 Å². The highest BCUT2D eigenvalue weighted by Crippen LogP contribution is 2.39. The number of carbonyl (C=O) groups is 2. The number of amides is 1. The lowest BCUT2D eigenvalue weighted by Crippen LogP contribution is -2.37. The van der Waals surface area contributed by atoms with Crippen molar-refractivity contribution in [2.45, 2.75) is 13.1 Å². The van der Waals surface area contributed by atoms with Crippen molar-refractivity contribution < 1.29 is 36.6 Å². The Balaban J connectivity index is 2.22. The molecule has 1 amide bonds. The van der Waals surface area contributed by atoms with Gasteiger partial charge in [0.15, 0.2) is 0 Å². The number of aromatic nitrogens is 2. The van der Waals surface area contributed by atoms with Gasteiger partial charge in [-0.25, -0.2) is 9.37 Å². The first kappa shape index (κ1) is 24.6. The van der Waals surface area contributed by atoms with Crippen molar-refractivity contribution in [1.82, 2.24) is 9.97 Å². The zero-order chi connectivity index (χ0) is 25.0. The summed E-state index contributed by atoms with van der Waals surface area (Å²) < 4.78 is 64.6. The van der Waals surface area contributed by atoms with Gasteiger partial charge in [-0.1, -0.05) is 6.07 Å². The van der Waals surface area contributed by atoms with E-state index in [0.29, 0.717) is 6.07 Å². The number of benzene rings is 1. The summed E-state index contributed by atoms with van der Waals surface area (Å²) in [6, 6.07) is 7.23. The fourth-order valence-corrected chi connectivity index (χ4v) is 3.30. The first-order chi connectivity index (χ1) is 16.1. The molecule has 11 heteroatoms. The summed E-state index contributed by atoms with van der Waals surface area (Å²) in [5, 5.41) is 0. The topological polar surface area (TPSA) is 81.6 Å². The average Bonchev–Trinajstić information content (AvgIpc) is 2.80. The SMILES string of the molecule is COC(=O)CN(C(=O)c1cc(C)nc(C(F)(F)F)c1)c1cnccc1-c1c(F)cccc1OC. The minimum Gasteiger partial charge on any atom is -0.496 e. The van der Waals surface area contributed by atoms with Gasteiger partial charge in [-0.15, -0.1) is 0 Å². The second-order valence-electron chi connectivity index (χ2n) is 7.06.